The van der Waals surface area contributed by atoms with Crippen LogP contribution >= 0.6 is 11.6 Å². The second kappa shape index (κ2) is 14.1. The first-order valence-corrected chi connectivity index (χ1v) is 14.2. The lowest BCUT2D eigenvalue weighted by Gasteiger charge is -2.28. The minimum Gasteiger partial charge on any atom is -0.486 e. The van der Waals surface area contributed by atoms with Crippen LogP contribution in [-0.4, -0.2) is 72.2 Å². The highest BCUT2D eigenvalue weighted by atomic mass is 35.5. The lowest BCUT2D eigenvalue weighted by molar-refractivity contribution is -0.111. The van der Waals surface area contributed by atoms with E-state index in [1.807, 2.05) is 43.4 Å². The third-order valence-electron chi connectivity index (χ3n) is 6.98. The molecule has 4 aromatic rings. The summed E-state index contributed by atoms with van der Waals surface area (Å²) in [4.78, 5) is 30.2. The number of fused-ring (bicyclic) bond motifs is 1. The van der Waals surface area contributed by atoms with Crippen LogP contribution in [0.1, 0.15) is 12.1 Å². The number of ether oxygens (including phenoxy) is 2. The molecular formula is C31H34ClN7O3. The van der Waals surface area contributed by atoms with E-state index >= 15 is 0 Å². The minimum absolute atomic E-state index is 0.295. The number of amides is 1. The molecule has 10 nitrogen and oxygen atoms in total. The second-order valence-electron chi connectivity index (χ2n) is 9.91. The highest BCUT2D eigenvalue weighted by Crippen LogP contribution is 2.35. The number of hydrogen-bond donors (Lipinski definition) is 2. The monoisotopic (exact) mass is 587 g/mol. The Hall–Kier alpha value is -4.25. The molecule has 42 heavy (non-hydrogen) atoms. The number of halogens is 1. The molecule has 0 atom stereocenters. The van der Waals surface area contributed by atoms with Gasteiger partial charge in [0, 0.05) is 50.5 Å². The fourth-order valence-corrected chi connectivity index (χ4v) is 4.97. The molecule has 2 aromatic carbocycles. The van der Waals surface area contributed by atoms with Gasteiger partial charge in [0.1, 0.15) is 24.5 Å². The van der Waals surface area contributed by atoms with Crippen molar-refractivity contribution in [3.05, 3.63) is 84.4 Å². The molecule has 2 aromatic heterocycles. The van der Waals surface area contributed by atoms with Crippen molar-refractivity contribution in [2.75, 3.05) is 62.0 Å². The van der Waals surface area contributed by atoms with Crippen LogP contribution < -0.4 is 20.3 Å². The largest absolute Gasteiger partial charge is 0.486 e. The lowest BCUT2D eigenvalue weighted by atomic mass is 10.1. The van der Waals surface area contributed by atoms with Gasteiger partial charge in [0.05, 0.1) is 40.8 Å². The lowest BCUT2D eigenvalue weighted by Crippen LogP contribution is -2.37. The molecular weight excluding hydrogens is 554 g/mol. The van der Waals surface area contributed by atoms with Gasteiger partial charge in [-0.3, -0.25) is 14.7 Å². The van der Waals surface area contributed by atoms with E-state index in [0.29, 0.717) is 28.9 Å². The third-order valence-corrected chi connectivity index (χ3v) is 7.27. The van der Waals surface area contributed by atoms with Gasteiger partial charge in [-0.25, -0.2) is 9.97 Å². The standard InChI is InChI=1S/C31H34ClN7O3/c1-3-30(40)37-27-18-24-26(19-28(27)38(2)11-6-12-39-13-15-41-16-14-39)34-21-35-31(24)36-22-8-9-29(25(32)17-22)42-20-23-7-4-5-10-33-23/h3-5,7-10,17-19,21H,1,6,11-16,20H2,2H3,(H,37,40)(H,34,35,36). The van der Waals surface area contributed by atoms with Gasteiger partial charge in [-0.1, -0.05) is 24.2 Å². The summed E-state index contributed by atoms with van der Waals surface area (Å²) in [6.07, 6.45) is 5.47. The molecule has 3 heterocycles. The molecule has 218 valence electrons. The highest BCUT2D eigenvalue weighted by molar-refractivity contribution is 6.32. The van der Waals surface area contributed by atoms with Crippen molar-refractivity contribution in [1.29, 1.82) is 0 Å². The zero-order valence-electron chi connectivity index (χ0n) is 23.6. The molecule has 0 radical (unpaired) electrons. The summed E-state index contributed by atoms with van der Waals surface area (Å²) in [6, 6.07) is 15.0. The Kier molecular flexibility index (Phi) is 9.81. The molecule has 1 saturated heterocycles. The van der Waals surface area contributed by atoms with Crippen LogP contribution in [0.15, 0.2) is 73.7 Å². The minimum atomic E-state index is -0.295. The van der Waals surface area contributed by atoms with Gasteiger partial charge in [0.2, 0.25) is 5.91 Å². The van der Waals surface area contributed by atoms with E-state index in [1.54, 1.807) is 18.3 Å². The van der Waals surface area contributed by atoms with Crippen molar-refractivity contribution in [2.24, 2.45) is 0 Å². The van der Waals surface area contributed by atoms with E-state index in [1.165, 1.54) is 12.4 Å². The predicted octanol–water partition coefficient (Wildman–Crippen LogP) is 5.28. The number of nitrogens with one attached hydrogen (secondary N) is 2. The van der Waals surface area contributed by atoms with E-state index in [9.17, 15) is 4.79 Å². The number of nitrogens with zero attached hydrogens (tertiary/aromatic N) is 5. The van der Waals surface area contributed by atoms with Gasteiger partial charge in [-0.2, -0.15) is 0 Å². The first-order chi connectivity index (χ1) is 20.5. The zero-order chi connectivity index (χ0) is 29.3. The highest BCUT2D eigenvalue weighted by Gasteiger charge is 2.16. The molecule has 1 aliphatic rings. The van der Waals surface area contributed by atoms with Crippen LogP contribution in [0.3, 0.4) is 0 Å². The van der Waals surface area contributed by atoms with Crippen LogP contribution in [0.25, 0.3) is 10.9 Å². The summed E-state index contributed by atoms with van der Waals surface area (Å²) in [5, 5.41) is 7.49. The number of aromatic nitrogens is 3. The number of hydrogen-bond acceptors (Lipinski definition) is 9. The first kappa shape index (κ1) is 29.2. The Morgan fingerprint density at radius 3 is 2.79 bits per heavy atom. The second-order valence-corrected chi connectivity index (χ2v) is 10.3. The van der Waals surface area contributed by atoms with Crippen LogP contribution in [0.5, 0.6) is 5.75 Å². The van der Waals surface area contributed by atoms with Crippen molar-refractivity contribution >= 4 is 51.3 Å². The van der Waals surface area contributed by atoms with E-state index < -0.39 is 0 Å². The van der Waals surface area contributed by atoms with Gasteiger partial charge >= 0.3 is 0 Å². The Bertz CT molecular complexity index is 1530. The summed E-state index contributed by atoms with van der Waals surface area (Å²) in [5.74, 6) is 0.835. The summed E-state index contributed by atoms with van der Waals surface area (Å²) in [7, 11) is 2.02. The Morgan fingerprint density at radius 1 is 1.17 bits per heavy atom. The van der Waals surface area contributed by atoms with Gasteiger partial charge in [0.25, 0.3) is 0 Å². The summed E-state index contributed by atoms with van der Waals surface area (Å²) in [6.45, 7) is 9.20. The molecule has 1 amide bonds. The molecule has 11 heteroatoms. The molecule has 5 rings (SSSR count). The van der Waals surface area contributed by atoms with Crippen LogP contribution in [-0.2, 0) is 16.1 Å². The zero-order valence-corrected chi connectivity index (χ0v) is 24.3. The van der Waals surface area contributed by atoms with Crippen LogP contribution in [0.4, 0.5) is 22.9 Å². The maximum atomic E-state index is 12.4. The molecule has 0 spiro atoms. The third kappa shape index (κ3) is 7.52. The number of anilines is 4. The normalized spacial score (nSPS) is 13.5. The molecule has 2 N–H and O–H groups in total. The topological polar surface area (TPSA) is 105 Å². The summed E-state index contributed by atoms with van der Waals surface area (Å²) < 4.78 is 11.3. The fourth-order valence-electron chi connectivity index (χ4n) is 4.74. The van der Waals surface area contributed by atoms with Gasteiger partial charge in [-0.05, 0) is 55.0 Å². The number of carbonyl (C=O) groups excluding carboxylic acids is 1. The predicted molar refractivity (Wildman–Crippen MR) is 167 cm³/mol. The Balaban J connectivity index is 1.34. The van der Waals surface area contributed by atoms with Crippen molar-refractivity contribution in [1.82, 2.24) is 19.9 Å². The molecule has 1 fully saturated rings. The van der Waals surface area contributed by atoms with Crippen LogP contribution in [0.2, 0.25) is 5.02 Å². The first-order valence-electron chi connectivity index (χ1n) is 13.8. The quantitative estimate of drug-likeness (QED) is 0.214. The molecule has 0 unspecified atom stereocenters. The number of pyridine rings is 1. The molecule has 1 aliphatic heterocycles. The average Bonchev–Trinajstić information content (AvgIpc) is 3.01. The fraction of sp³-hybridized carbons (Fsp3) is 0.290. The number of carbonyl (C=O) groups is 1. The smallest absolute Gasteiger partial charge is 0.247 e. The summed E-state index contributed by atoms with van der Waals surface area (Å²) >= 11 is 6.54. The molecule has 0 bridgehead atoms. The average molecular weight is 588 g/mol. The van der Waals surface area contributed by atoms with E-state index in [0.717, 1.165) is 73.8 Å². The summed E-state index contributed by atoms with van der Waals surface area (Å²) in [5.41, 5.74) is 3.79. The SMILES string of the molecule is C=CC(=O)Nc1cc2c(Nc3ccc(OCc4ccccn4)c(Cl)c3)ncnc2cc1N(C)CCCN1CCOCC1. The molecule has 0 aliphatic carbocycles. The van der Waals surface area contributed by atoms with Gasteiger partial charge in [-0.15, -0.1) is 0 Å². The van der Waals surface area contributed by atoms with Gasteiger partial charge in [0.15, 0.2) is 0 Å². The van der Waals surface area contributed by atoms with E-state index in [4.69, 9.17) is 21.1 Å². The number of morpholine rings is 1. The molecule has 0 saturated carbocycles. The number of rotatable bonds is 12. The van der Waals surface area contributed by atoms with E-state index in [-0.39, 0.29) is 5.91 Å². The number of benzene rings is 2. The van der Waals surface area contributed by atoms with Crippen molar-refractivity contribution in [2.45, 2.75) is 13.0 Å². The maximum absolute atomic E-state index is 12.4. The van der Waals surface area contributed by atoms with Crippen molar-refractivity contribution in [3.8, 4) is 5.75 Å². The Labute approximate surface area is 250 Å². The van der Waals surface area contributed by atoms with Crippen LogP contribution in [0, 0.1) is 0 Å². The Morgan fingerprint density at radius 2 is 2.02 bits per heavy atom. The maximum Gasteiger partial charge on any atom is 0.247 e. The van der Waals surface area contributed by atoms with Crippen molar-refractivity contribution < 1.29 is 14.3 Å². The van der Waals surface area contributed by atoms with Crippen molar-refractivity contribution in [3.63, 3.8) is 0 Å². The van der Waals surface area contributed by atoms with E-state index in [2.05, 4.69) is 42.0 Å². The van der Waals surface area contributed by atoms with Gasteiger partial charge < -0.3 is 25.0 Å².